The molecule has 0 bridgehead atoms. The number of benzene rings is 1. The van der Waals surface area contributed by atoms with Crippen molar-refractivity contribution in [2.24, 2.45) is 0 Å². The Bertz CT molecular complexity index is 1180. The molecule has 32 heavy (non-hydrogen) atoms. The normalized spacial score (nSPS) is 13.2. The van der Waals surface area contributed by atoms with Crippen LogP contribution in [0.2, 0.25) is 5.02 Å². The molecule has 0 saturated carbocycles. The smallest absolute Gasteiger partial charge is 0.268 e. The van der Waals surface area contributed by atoms with Gasteiger partial charge in [0.05, 0.1) is 33.7 Å². The van der Waals surface area contributed by atoms with E-state index >= 15 is 0 Å². The lowest BCUT2D eigenvalue weighted by Gasteiger charge is -2.19. The lowest BCUT2D eigenvalue weighted by atomic mass is 10.1. The van der Waals surface area contributed by atoms with E-state index < -0.39 is 0 Å². The molecule has 1 aliphatic rings. The molecule has 4 rings (SSSR count). The van der Waals surface area contributed by atoms with Crippen molar-refractivity contribution in [3.8, 4) is 16.3 Å². The first kappa shape index (κ1) is 22.3. The zero-order valence-corrected chi connectivity index (χ0v) is 19.2. The van der Waals surface area contributed by atoms with Crippen LogP contribution in [-0.4, -0.2) is 48.2 Å². The van der Waals surface area contributed by atoms with Crippen LogP contribution in [0.4, 0.5) is 5.69 Å². The van der Waals surface area contributed by atoms with E-state index in [1.54, 1.807) is 32.3 Å². The molecular formula is C23H22ClN3O4S. The van der Waals surface area contributed by atoms with Crippen molar-refractivity contribution >= 4 is 40.4 Å². The summed E-state index contributed by atoms with van der Waals surface area (Å²) in [6.07, 6.45) is 2.40. The van der Waals surface area contributed by atoms with Crippen molar-refractivity contribution in [1.82, 2.24) is 10.3 Å². The maximum Gasteiger partial charge on any atom is 0.268 e. The van der Waals surface area contributed by atoms with Gasteiger partial charge < -0.3 is 20.1 Å². The van der Waals surface area contributed by atoms with Gasteiger partial charge in [0.25, 0.3) is 11.8 Å². The van der Waals surface area contributed by atoms with Crippen LogP contribution >= 0.6 is 22.9 Å². The van der Waals surface area contributed by atoms with Crippen molar-refractivity contribution in [2.75, 3.05) is 25.2 Å². The number of aliphatic hydroxyl groups is 1. The van der Waals surface area contributed by atoms with Crippen molar-refractivity contribution < 1.29 is 19.4 Å². The van der Waals surface area contributed by atoms with Gasteiger partial charge in [0.1, 0.15) is 11.4 Å². The second kappa shape index (κ2) is 9.28. The lowest BCUT2D eigenvalue weighted by molar-refractivity contribution is 0.0922. The van der Waals surface area contributed by atoms with Crippen LogP contribution in [0.5, 0.6) is 5.75 Å². The van der Waals surface area contributed by atoms with Gasteiger partial charge in [-0.25, -0.2) is 0 Å². The fourth-order valence-corrected chi connectivity index (χ4v) is 4.91. The van der Waals surface area contributed by atoms with Crippen molar-refractivity contribution in [3.05, 3.63) is 63.6 Å². The molecule has 1 aromatic carbocycles. The molecule has 0 aliphatic carbocycles. The van der Waals surface area contributed by atoms with Gasteiger partial charge in [0, 0.05) is 31.3 Å². The standard InChI is InChI=1S/C23H22ClN3O4S/c1-13(12-28)26-22(29)15-5-6-17(16(24)10-15)27(2)23(30)19-11-14-7-9-31-18-4-3-8-25-20(18)21(14)32-19/h3-6,8,10-11,13,28H,7,9,12H2,1-2H3,(H,26,29). The summed E-state index contributed by atoms with van der Waals surface area (Å²) in [5.41, 5.74) is 2.62. The fourth-order valence-electron chi connectivity index (χ4n) is 3.42. The highest BCUT2D eigenvalue weighted by molar-refractivity contribution is 7.17. The van der Waals surface area contributed by atoms with Crippen LogP contribution in [-0.2, 0) is 6.42 Å². The molecular weight excluding hydrogens is 450 g/mol. The third kappa shape index (κ3) is 4.34. The minimum absolute atomic E-state index is 0.161. The van der Waals surface area contributed by atoms with E-state index in [9.17, 15) is 9.59 Å². The Morgan fingerprint density at radius 2 is 2.16 bits per heavy atom. The minimum atomic E-state index is -0.371. The highest BCUT2D eigenvalue weighted by atomic mass is 35.5. The SMILES string of the molecule is CC(CO)NC(=O)c1ccc(N(C)C(=O)c2cc3c(s2)-c2ncccc2OCC3)c(Cl)c1. The summed E-state index contributed by atoms with van der Waals surface area (Å²) in [6, 6.07) is 9.98. The van der Waals surface area contributed by atoms with E-state index in [-0.39, 0.29) is 29.5 Å². The third-order valence-corrected chi connectivity index (χ3v) is 6.64. The largest absolute Gasteiger partial charge is 0.491 e. The second-order valence-electron chi connectivity index (χ2n) is 7.50. The number of carbonyl (C=O) groups excluding carboxylic acids is 2. The zero-order chi connectivity index (χ0) is 22.8. The van der Waals surface area contributed by atoms with Gasteiger partial charge in [0.15, 0.2) is 0 Å². The van der Waals surface area contributed by atoms with E-state index in [4.69, 9.17) is 21.4 Å². The van der Waals surface area contributed by atoms with Crippen molar-refractivity contribution in [1.29, 1.82) is 0 Å². The van der Waals surface area contributed by atoms with Crippen LogP contribution in [0, 0.1) is 0 Å². The number of hydrogen-bond acceptors (Lipinski definition) is 6. The predicted molar refractivity (Wildman–Crippen MR) is 125 cm³/mol. The molecule has 2 amide bonds. The number of aliphatic hydroxyl groups excluding tert-OH is 1. The Morgan fingerprint density at radius 1 is 1.34 bits per heavy atom. The quantitative estimate of drug-likeness (QED) is 0.590. The number of rotatable bonds is 5. The highest BCUT2D eigenvalue weighted by Crippen LogP contribution is 2.40. The topological polar surface area (TPSA) is 91.8 Å². The highest BCUT2D eigenvalue weighted by Gasteiger charge is 2.25. The van der Waals surface area contributed by atoms with E-state index in [2.05, 4.69) is 10.3 Å². The second-order valence-corrected chi connectivity index (χ2v) is 8.96. The molecule has 9 heteroatoms. The number of carbonyl (C=O) groups is 2. The summed E-state index contributed by atoms with van der Waals surface area (Å²) >= 11 is 7.79. The maximum atomic E-state index is 13.2. The average Bonchev–Trinajstić information content (AvgIpc) is 3.14. The molecule has 0 fully saturated rings. The van der Waals surface area contributed by atoms with E-state index in [1.165, 1.54) is 22.3 Å². The summed E-state index contributed by atoms with van der Waals surface area (Å²) < 4.78 is 5.77. The Labute approximate surface area is 194 Å². The summed E-state index contributed by atoms with van der Waals surface area (Å²) in [5, 5.41) is 12.1. The monoisotopic (exact) mass is 471 g/mol. The predicted octanol–water partition coefficient (Wildman–Crippen LogP) is 3.79. The Balaban J connectivity index is 1.59. The molecule has 1 unspecified atom stereocenters. The number of fused-ring (bicyclic) bond motifs is 3. The summed E-state index contributed by atoms with van der Waals surface area (Å²) in [7, 11) is 1.65. The number of halogens is 1. The number of hydrogen-bond donors (Lipinski definition) is 2. The first-order valence-electron chi connectivity index (χ1n) is 10.1. The molecule has 3 heterocycles. The van der Waals surface area contributed by atoms with E-state index in [1.807, 2.05) is 18.2 Å². The first-order valence-corrected chi connectivity index (χ1v) is 11.3. The maximum absolute atomic E-state index is 13.2. The van der Waals surface area contributed by atoms with Crippen molar-refractivity contribution in [3.63, 3.8) is 0 Å². The summed E-state index contributed by atoms with van der Waals surface area (Å²) in [6.45, 7) is 2.06. The number of amides is 2. The number of aromatic nitrogens is 1. The van der Waals surface area contributed by atoms with Gasteiger partial charge in [0.2, 0.25) is 0 Å². The summed E-state index contributed by atoms with van der Waals surface area (Å²) in [4.78, 5) is 32.9. The number of nitrogens with zero attached hydrogens (tertiary/aromatic N) is 2. The molecule has 0 radical (unpaired) electrons. The number of pyridine rings is 1. The fraction of sp³-hybridized carbons (Fsp3) is 0.261. The number of nitrogens with one attached hydrogen (secondary N) is 1. The van der Waals surface area contributed by atoms with Gasteiger partial charge in [-0.1, -0.05) is 11.6 Å². The van der Waals surface area contributed by atoms with E-state index in [0.29, 0.717) is 34.9 Å². The number of thiophene rings is 1. The molecule has 3 aromatic rings. The Hall–Kier alpha value is -2.94. The molecule has 2 aromatic heterocycles. The average molecular weight is 472 g/mol. The molecule has 7 nitrogen and oxygen atoms in total. The lowest BCUT2D eigenvalue weighted by Crippen LogP contribution is -2.35. The van der Waals surface area contributed by atoms with Crippen LogP contribution in [0.1, 0.15) is 32.5 Å². The molecule has 1 atom stereocenters. The Kier molecular flexibility index (Phi) is 6.45. The summed E-state index contributed by atoms with van der Waals surface area (Å²) in [5.74, 6) is 0.173. The molecule has 166 valence electrons. The van der Waals surface area contributed by atoms with Crippen LogP contribution in [0.3, 0.4) is 0 Å². The van der Waals surface area contributed by atoms with Crippen LogP contribution < -0.4 is 15.0 Å². The molecule has 0 spiro atoms. The first-order chi connectivity index (χ1) is 15.4. The van der Waals surface area contributed by atoms with Crippen LogP contribution in [0.15, 0.2) is 42.6 Å². The molecule has 2 N–H and O–H groups in total. The number of ether oxygens (including phenoxy) is 1. The van der Waals surface area contributed by atoms with Gasteiger partial charge in [-0.3, -0.25) is 14.6 Å². The van der Waals surface area contributed by atoms with E-state index in [0.717, 1.165) is 16.1 Å². The molecule has 1 aliphatic heterocycles. The van der Waals surface area contributed by atoms with Crippen molar-refractivity contribution in [2.45, 2.75) is 19.4 Å². The molecule has 0 saturated heterocycles. The minimum Gasteiger partial charge on any atom is -0.491 e. The number of anilines is 1. The Morgan fingerprint density at radius 3 is 2.91 bits per heavy atom. The van der Waals surface area contributed by atoms with Gasteiger partial charge in [-0.2, -0.15) is 0 Å². The third-order valence-electron chi connectivity index (χ3n) is 5.16. The van der Waals surface area contributed by atoms with Gasteiger partial charge in [-0.05, 0) is 48.9 Å². The van der Waals surface area contributed by atoms with Gasteiger partial charge in [-0.15, -0.1) is 11.3 Å². The van der Waals surface area contributed by atoms with Gasteiger partial charge >= 0.3 is 0 Å². The van der Waals surface area contributed by atoms with Crippen LogP contribution in [0.25, 0.3) is 10.6 Å². The zero-order valence-electron chi connectivity index (χ0n) is 17.6.